The van der Waals surface area contributed by atoms with E-state index in [1.807, 2.05) is 30.3 Å². The molecule has 0 aliphatic rings. The Balaban J connectivity index is 1.96. The minimum atomic E-state index is -0.369. The van der Waals surface area contributed by atoms with Crippen LogP contribution in [0.15, 0.2) is 67.9 Å². The first kappa shape index (κ1) is 12.7. The lowest BCUT2D eigenvalue weighted by molar-refractivity contribution is 0.401. The van der Waals surface area contributed by atoms with E-state index in [-0.39, 0.29) is 5.63 Å². The van der Waals surface area contributed by atoms with Gasteiger partial charge in [-0.15, -0.1) is 0 Å². The summed E-state index contributed by atoms with van der Waals surface area (Å²) in [5.41, 5.74) is 0.270. The Hall–Kier alpha value is -2.27. The molecule has 0 N–H and O–H groups in total. The zero-order valence-electron chi connectivity index (χ0n) is 10.7. The summed E-state index contributed by atoms with van der Waals surface area (Å²) in [5, 5.41) is 0.824. The first-order valence-corrected chi connectivity index (χ1v) is 6.80. The van der Waals surface area contributed by atoms with Crippen molar-refractivity contribution in [2.24, 2.45) is 0 Å². The van der Waals surface area contributed by atoms with Gasteiger partial charge in [0.25, 0.3) is 5.22 Å². The molecule has 3 aromatic rings. The molecule has 0 spiro atoms. The number of benzene rings is 2. The Kier molecular flexibility index (Phi) is 3.43. The van der Waals surface area contributed by atoms with E-state index >= 15 is 0 Å². The number of para-hydroxylation sites is 1. The van der Waals surface area contributed by atoms with E-state index < -0.39 is 0 Å². The standard InChI is InChI=1S/C15H11NO3S/c1-18-10-6-8-11(9-7-10)20-15-16-13-5-3-2-4-12(13)14(17)19-15/h2-9H,1H3. The highest BCUT2D eigenvalue weighted by molar-refractivity contribution is 7.99. The molecular weight excluding hydrogens is 274 g/mol. The van der Waals surface area contributed by atoms with Crippen LogP contribution in [0.5, 0.6) is 5.75 Å². The van der Waals surface area contributed by atoms with Crippen LogP contribution in [0, 0.1) is 0 Å². The Bertz CT molecular complexity index is 796. The SMILES string of the molecule is COc1ccc(Sc2nc3ccccc3c(=O)o2)cc1. The van der Waals surface area contributed by atoms with Crippen LogP contribution in [0.4, 0.5) is 0 Å². The summed E-state index contributed by atoms with van der Waals surface area (Å²) < 4.78 is 10.3. The van der Waals surface area contributed by atoms with Crippen molar-refractivity contribution in [1.29, 1.82) is 0 Å². The fourth-order valence-corrected chi connectivity index (χ4v) is 2.52. The molecule has 0 aliphatic carbocycles. The van der Waals surface area contributed by atoms with Gasteiger partial charge in [0.05, 0.1) is 18.0 Å². The maximum absolute atomic E-state index is 11.9. The number of methoxy groups -OCH3 is 1. The molecule has 0 saturated heterocycles. The zero-order chi connectivity index (χ0) is 13.9. The van der Waals surface area contributed by atoms with Crippen LogP contribution in [0.2, 0.25) is 0 Å². The molecule has 0 atom stereocenters. The molecule has 20 heavy (non-hydrogen) atoms. The molecule has 0 saturated carbocycles. The largest absolute Gasteiger partial charge is 0.497 e. The first-order chi connectivity index (χ1) is 9.76. The number of fused-ring (bicyclic) bond motifs is 1. The van der Waals surface area contributed by atoms with Gasteiger partial charge in [0.1, 0.15) is 5.75 Å². The number of aromatic nitrogens is 1. The molecule has 3 rings (SSSR count). The van der Waals surface area contributed by atoms with Crippen molar-refractivity contribution < 1.29 is 9.15 Å². The Labute approximate surface area is 119 Å². The third-order valence-electron chi connectivity index (χ3n) is 2.78. The third kappa shape index (κ3) is 2.53. The molecule has 0 radical (unpaired) electrons. The van der Waals surface area contributed by atoms with Crippen molar-refractivity contribution in [3.8, 4) is 5.75 Å². The Morgan fingerprint density at radius 2 is 1.85 bits per heavy atom. The minimum Gasteiger partial charge on any atom is -0.497 e. The smallest absolute Gasteiger partial charge is 0.347 e. The fourth-order valence-electron chi connectivity index (χ4n) is 1.79. The van der Waals surface area contributed by atoms with Crippen LogP contribution < -0.4 is 10.4 Å². The van der Waals surface area contributed by atoms with Gasteiger partial charge in [0.15, 0.2) is 0 Å². The molecule has 0 aliphatic heterocycles. The molecule has 2 aromatic carbocycles. The molecule has 5 heteroatoms. The average Bonchev–Trinajstić information content (AvgIpc) is 2.48. The number of nitrogens with zero attached hydrogens (tertiary/aromatic N) is 1. The number of hydrogen-bond acceptors (Lipinski definition) is 5. The highest BCUT2D eigenvalue weighted by Gasteiger charge is 2.07. The van der Waals surface area contributed by atoms with E-state index in [2.05, 4.69) is 4.98 Å². The van der Waals surface area contributed by atoms with Crippen molar-refractivity contribution in [3.05, 3.63) is 59.0 Å². The second-order valence-corrected chi connectivity index (χ2v) is 5.09. The highest BCUT2D eigenvalue weighted by Crippen LogP contribution is 2.27. The van der Waals surface area contributed by atoms with Crippen LogP contribution in [0.25, 0.3) is 10.9 Å². The van der Waals surface area contributed by atoms with Crippen LogP contribution in [-0.2, 0) is 0 Å². The Morgan fingerprint density at radius 3 is 2.60 bits per heavy atom. The predicted molar refractivity (Wildman–Crippen MR) is 77.4 cm³/mol. The summed E-state index contributed by atoms with van der Waals surface area (Å²) in [6.07, 6.45) is 0. The summed E-state index contributed by atoms with van der Waals surface area (Å²) >= 11 is 1.30. The van der Waals surface area contributed by atoms with Crippen molar-refractivity contribution in [3.63, 3.8) is 0 Å². The van der Waals surface area contributed by atoms with Crippen molar-refractivity contribution in [2.45, 2.75) is 10.1 Å². The van der Waals surface area contributed by atoms with E-state index in [4.69, 9.17) is 9.15 Å². The molecule has 4 nitrogen and oxygen atoms in total. The van der Waals surface area contributed by atoms with Gasteiger partial charge in [0, 0.05) is 4.90 Å². The first-order valence-electron chi connectivity index (χ1n) is 5.98. The lowest BCUT2D eigenvalue weighted by atomic mass is 10.2. The lowest BCUT2D eigenvalue weighted by Gasteiger charge is -2.02. The average molecular weight is 285 g/mol. The maximum atomic E-state index is 11.9. The quantitative estimate of drug-likeness (QED) is 0.738. The van der Waals surface area contributed by atoms with Crippen LogP contribution in [-0.4, -0.2) is 12.1 Å². The van der Waals surface area contributed by atoms with Gasteiger partial charge in [-0.1, -0.05) is 12.1 Å². The fraction of sp³-hybridized carbons (Fsp3) is 0.0667. The second kappa shape index (κ2) is 5.38. The van der Waals surface area contributed by atoms with E-state index in [1.54, 1.807) is 25.3 Å². The van der Waals surface area contributed by atoms with E-state index in [1.165, 1.54) is 11.8 Å². The van der Waals surface area contributed by atoms with Crippen LogP contribution in [0.1, 0.15) is 0 Å². The summed E-state index contributed by atoms with van der Waals surface area (Å²) in [6, 6.07) is 14.6. The lowest BCUT2D eigenvalue weighted by Crippen LogP contribution is -2.01. The third-order valence-corrected chi connectivity index (χ3v) is 3.64. The van der Waals surface area contributed by atoms with E-state index in [0.29, 0.717) is 16.1 Å². The van der Waals surface area contributed by atoms with Crippen molar-refractivity contribution in [2.75, 3.05) is 7.11 Å². The van der Waals surface area contributed by atoms with E-state index in [0.717, 1.165) is 10.6 Å². The molecular formula is C15H11NO3S. The van der Waals surface area contributed by atoms with Gasteiger partial charge in [-0.25, -0.2) is 9.78 Å². The monoisotopic (exact) mass is 285 g/mol. The van der Waals surface area contributed by atoms with Gasteiger partial charge in [-0.3, -0.25) is 0 Å². The number of hydrogen-bond donors (Lipinski definition) is 0. The van der Waals surface area contributed by atoms with Gasteiger partial charge in [-0.2, -0.15) is 0 Å². The van der Waals surface area contributed by atoms with Gasteiger partial charge >= 0.3 is 5.63 Å². The minimum absolute atomic E-state index is 0.332. The number of rotatable bonds is 3. The Morgan fingerprint density at radius 1 is 1.10 bits per heavy atom. The van der Waals surface area contributed by atoms with E-state index in [9.17, 15) is 4.79 Å². The zero-order valence-corrected chi connectivity index (χ0v) is 11.5. The summed E-state index contributed by atoms with van der Waals surface area (Å²) in [6.45, 7) is 0. The predicted octanol–water partition coefficient (Wildman–Crippen LogP) is 3.35. The number of ether oxygens (including phenoxy) is 1. The van der Waals surface area contributed by atoms with Crippen molar-refractivity contribution in [1.82, 2.24) is 4.98 Å². The molecule has 0 fully saturated rings. The molecule has 0 unspecified atom stereocenters. The maximum Gasteiger partial charge on any atom is 0.347 e. The van der Waals surface area contributed by atoms with Crippen molar-refractivity contribution >= 4 is 22.7 Å². The topological polar surface area (TPSA) is 52.3 Å². The highest BCUT2D eigenvalue weighted by atomic mass is 32.2. The molecule has 0 amide bonds. The normalized spacial score (nSPS) is 10.7. The summed E-state index contributed by atoms with van der Waals surface area (Å²) in [7, 11) is 1.62. The second-order valence-electron chi connectivity index (χ2n) is 4.06. The van der Waals surface area contributed by atoms with Crippen LogP contribution in [0.3, 0.4) is 0 Å². The van der Waals surface area contributed by atoms with Gasteiger partial charge in [-0.05, 0) is 48.2 Å². The summed E-state index contributed by atoms with van der Waals surface area (Å²) in [5.74, 6) is 0.780. The molecule has 1 heterocycles. The van der Waals surface area contributed by atoms with Crippen LogP contribution >= 0.6 is 11.8 Å². The molecule has 100 valence electrons. The summed E-state index contributed by atoms with van der Waals surface area (Å²) in [4.78, 5) is 17.1. The van der Waals surface area contributed by atoms with Gasteiger partial charge < -0.3 is 9.15 Å². The molecule has 1 aromatic heterocycles. The van der Waals surface area contributed by atoms with Gasteiger partial charge in [0.2, 0.25) is 0 Å². The molecule has 0 bridgehead atoms.